The van der Waals surface area contributed by atoms with Gasteiger partial charge in [-0.3, -0.25) is 0 Å². The number of rotatable bonds is 6. The van der Waals surface area contributed by atoms with Crippen LogP contribution in [0.1, 0.15) is 32.3 Å². The number of hydrogen-bond acceptors (Lipinski definition) is 3. The van der Waals surface area contributed by atoms with Gasteiger partial charge in [-0.2, -0.15) is 5.26 Å². The van der Waals surface area contributed by atoms with Crippen molar-refractivity contribution in [2.45, 2.75) is 31.6 Å². The maximum Gasteiger partial charge on any atom is 0.103 e. The van der Waals surface area contributed by atoms with Crippen molar-refractivity contribution >= 4 is 17.4 Å². The average molecular weight is 248 g/mol. The third kappa shape index (κ3) is 3.41. The molecule has 0 aromatic heterocycles. The molecule has 17 heavy (non-hydrogen) atoms. The van der Waals surface area contributed by atoms with Crippen molar-refractivity contribution in [3.05, 3.63) is 23.8 Å². The average Bonchev–Trinajstić information content (AvgIpc) is 2.37. The number of nitrogens with zero attached hydrogens (tertiary/aromatic N) is 2. The molecule has 0 heterocycles. The van der Waals surface area contributed by atoms with Crippen LogP contribution in [-0.2, 0) is 0 Å². The Morgan fingerprint density at radius 2 is 1.88 bits per heavy atom. The number of anilines is 1. The van der Waals surface area contributed by atoms with Crippen molar-refractivity contribution in [3.63, 3.8) is 0 Å². The zero-order valence-corrected chi connectivity index (χ0v) is 11.7. The Hall–Kier alpha value is -1.14. The minimum Gasteiger partial charge on any atom is -0.370 e. The summed E-state index contributed by atoms with van der Waals surface area (Å²) in [6, 6.07) is 8.47. The van der Waals surface area contributed by atoms with E-state index in [4.69, 9.17) is 0 Å². The molecule has 0 N–H and O–H groups in total. The van der Waals surface area contributed by atoms with Crippen LogP contribution in [0.5, 0.6) is 0 Å². The van der Waals surface area contributed by atoms with E-state index in [0.29, 0.717) is 0 Å². The van der Waals surface area contributed by atoms with Gasteiger partial charge in [-0.25, -0.2) is 0 Å². The van der Waals surface area contributed by atoms with E-state index in [2.05, 4.69) is 30.9 Å². The van der Waals surface area contributed by atoms with Crippen LogP contribution in [0.2, 0.25) is 0 Å². The number of thioether (sulfide) groups is 1. The largest absolute Gasteiger partial charge is 0.370 e. The summed E-state index contributed by atoms with van der Waals surface area (Å²) >= 11 is 1.64. The maximum atomic E-state index is 9.33. The van der Waals surface area contributed by atoms with Crippen molar-refractivity contribution < 1.29 is 0 Å². The zero-order chi connectivity index (χ0) is 12.7. The lowest BCUT2D eigenvalue weighted by atomic mass is 10.1. The number of nitriles is 1. The maximum absolute atomic E-state index is 9.33. The Balaban J connectivity index is 3.13. The molecule has 2 nitrogen and oxygen atoms in total. The lowest BCUT2D eigenvalue weighted by Gasteiger charge is -2.25. The van der Waals surface area contributed by atoms with Crippen molar-refractivity contribution in [1.29, 1.82) is 5.26 Å². The van der Waals surface area contributed by atoms with Gasteiger partial charge in [0.2, 0.25) is 0 Å². The summed E-state index contributed by atoms with van der Waals surface area (Å²) in [5.74, 6) is 0. The molecule has 0 radical (unpaired) electrons. The lowest BCUT2D eigenvalue weighted by Crippen LogP contribution is -2.25. The van der Waals surface area contributed by atoms with Crippen LogP contribution in [-0.4, -0.2) is 19.3 Å². The van der Waals surface area contributed by atoms with E-state index in [9.17, 15) is 5.26 Å². The van der Waals surface area contributed by atoms with E-state index in [0.717, 1.165) is 42.1 Å². The van der Waals surface area contributed by atoms with E-state index in [1.54, 1.807) is 11.8 Å². The predicted octanol–water partition coefficient (Wildman–Crippen LogP) is 3.91. The molecule has 0 aliphatic rings. The summed E-state index contributed by atoms with van der Waals surface area (Å²) in [5, 5.41) is 9.33. The van der Waals surface area contributed by atoms with Gasteiger partial charge >= 0.3 is 0 Å². The minimum absolute atomic E-state index is 0.821. The third-order valence-corrected chi connectivity index (χ3v) is 3.44. The first-order chi connectivity index (χ1) is 8.28. The van der Waals surface area contributed by atoms with Crippen LogP contribution in [0.4, 0.5) is 5.69 Å². The predicted molar refractivity (Wildman–Crippen MR) is 75.7 cm³/mol. The summed E-state index contributed by atoms with van der Waals surface area (Å²) in [6.07, 6.45) is 4.23. The molecule has 0 spiro atoms. The van der Waals surface area contributed by atoms with Gasteiger partial charge in [-0.15, -0.1) is 11.8 Å². The zero-order valence-electron chi connectivity index (χ0n) is 10.9. The molecular formula is C14H20N2S. The molecule has 0 amide bonds. The first kappa shape index (κ1) is 13.9. The minimum atomic E-state index is 0.821. The van der Waals surface area contributed by atoms with E-state index in [1.807, 2.05) is 18.4 Å². The van der Waals surface area contributed by atoms with Gasteiger partial charge in [0, 0.05) is 18.0 Å². The van der Waals surface area contributed by atoms with E-state index in [-0.39, 0.29) is 0 Å². The molecule has 0 fully saturated rings. The van der Waals surface area contributed by atoms with E-state index >= 15 is 0 Å². The molecule has 0 aliphatic heterocycles. The van der Waals surface area contributed by atoms with Crippen molar-refractivity contribution in [1.82, 2.24) is 0 Å². The van der Waals surface area contributed by atoms with Crippen LogP contribution in [0.15, 0.2) is 23.1 Å². The Labute approximate surface area is 109 Å². The highest BCUT2D eigenvalue weighted by Gasteiger charge is 2.12. The second kappa shape index (κ2) is 7.24. The fraction of sp³-hybridized carbons (Fsp3) is 0.500. The van der Waals surface area contributed by atoms with Crippen LogP contribution in [0.25, 0.3) is 0 Å². The van der Waals surface area contributed by atoms with Crippen LogP contribution in [0.3, 0.4) is 0 Å². The molecular weight excluding hydrogens is 228 g/mol. The highest BCUT2D eigenvalue weighted by atomic mass is 32.2. The normalized spacial score (nSPS) is 10.0. The van der Waals surface area contributed by atoms with Crippen LogP contribution >= 0.6 is 11.8 Å². The standard InChI is InChI=1S/C14H20N2S/c1-4-9-16(10-5-2)13-7-6-8-14(17-3)12(13)11-15/h6-8H,4-5,9-10H2,1-3H3. The van der Waals surface area contributed by atoms with Gasteiger partial charge in [0.05, 0.1) is 11.3 Å². The monoisotopic (exact) mass is 248 g/mol. The molecule has 92 valence electrons. The molecule has 1 aromatic carbocycles. The van der Waals surface area contributed by atoms with Crippen molar-refractivity contribution in [2.24, 2.45) is 0 Å². The van der Waals surface area contributed by atoms with Crippen LogP contribution in [0, 0.1) is 11.3 Å². The number of benzene rings is 1. The lowest BCUT2D eigenvalue weighted by molar-refractivity contribution is 0.743. The molecule has 0 saturated heterocycles. The quantitative estimate of drug-likeness (QED) is 0.714. The second-order valence-corrected chi connectivity index (χ2v) is 4.80. The van der Waals surface area contributed by atoms with E-state index < -0.39 is 0 Å². The molecule has 0 unspecified atom stereocenters. The summed E-state index contributed by atoms with van der Waals surface area (Å²) in [4.78, 5) is 3.39. The SMILES string of the molecule is CCCN(CCC)c1cccc(SC)c1C#N. The summed E-state index contributed by atoms with van der Waals surface area (Å²) in [7, 11) is 0. The molecule has 0 atom stereocenters. The topological polar surface area (TPSA) is 27.0 Å². The smallest absolute Gasteiger partial charge is 0.103 e. The third-order valence-electron chi connectivity index (χ3n) is 2.66. The second-order valence-electron chi connectivity index (χ2n) is 3.95. The van der Waals surface area contributed by atoms with Crippen molar-refractivity contribution in [2.75, 3.05) is 24.2 Å². The molecule has 1 rings (SSSR count). The number of hydrogen-bond donors (Lipinski definition) is 0. The van der Waals surface area contributed by atoms with Gasteiger partial charge in [-0.1, -0.05) is 19.9 Å². The summed E-state index contributed by atoms with van der Waals surface area (Å²) in [6.45, 7) is 6.38. The molecule has 1 aromatic rings. The summed E-state index contributed by atoms with van der Waals surface area (Å²) in [5.41, 5.74) is 1.91. The van der Waals surface area contributed by atoms with Crippen LogP contribution < -0.4 is 4.90 Å². The molecule has 0 saturated carbocycles. The first-order valence-corrected chi connectivity index (χ1v) is 7.33. The molecule has 0 bridgehead atoms. The highest BCUT2D eigenvalue weighted by Crippen LogP contribution is 2.29. The van der Waals surface area contributed by atoms with Gasteiger partial charge in [0.25, 0.3) is 0 Å². The Bertz CT molecular complexity index is 390. The van der Waals surface area contributed by atoms with Gasteiger partial charge in [0.15, 0.2) is 0 Å². The van der Waals surface area contributed by atoms with Gasteiger partial charge in [-0.05, 0) is 31.2 Å². The van der Waals surface area contributed by atoms with Crippen molar-refractivity contribution in [3.8, 4) is 6.07 Å². The Morgan fingerprint density at radius 3 is 2.35 bits per heavy atom. The van der Waals surface area contributed by atoms with Gasteiger partial charge < -0.3 is 4.90 Å². The van der Waals surface area contributed by atoms with Gasteiger partial charge in [0.1, 0.15) is 6.07 Å². The highest BCUT2D eigenvalue weighted by molar-refractivity contribution is 7.98. The Morgan fingerprint density at radius 1 is 1.24 bits per heavy atom. The van der Waals surface area contributed by atoms with E-state index in [1.165, 1.54) is 0 Å². The first-order valence-electron chi connectivity index (χ1n) is 6.10. The molecule has 0 aliphatic carbocycles. The molecule has 3 heteroatoms. The fourth-order valence-electron chi connectivity index (χ4n) is 1.96. The summed E-state index contributed by atoms with van der Waals surface area (Å²) < 4.78 is 0. The Kier molecular flexibility index (Phi) is 5.93. The fourth-order valence-corrected chi connectivity index (χ4v) is 2.53.